The first-order valence-electron chi connectivity index (χ1n) is 6.85. The van der Waals surface area contributed by atoms with E-state index >= 15 is 0 Å². The third-order valence-corrected chi connectivity index (χ3v) is 3.71. The molecule has 7 nitrogen and oxygen atoms in total. The van der Waals surface area contributed by atoms with Crippen molar-refractivity contribution in [1.82, 2.24) is 0 Å². The van der Waals surface area contributed by atoms with E-state index in [4.69, 9.17) is 4.74 Å². The second kappa shape index (κ2) is 7.69. The topological polar surface area (TPSA) is 98.5 Å². The number of hydrogen-bond donors (Lipinski definition) is 1. The largest absolute Gasteiger partial charge is 0.452 e. The first-order chi connectivity index (χ1) is 11.4. The molecule has 0 fully saturated rings. The van der Waals surface area contributed by atoms with Gasteiger partial charge < -0.3 is 10.1 Å². The number of aryl methyl sites for hydroxylation is 1. The third-order valence-electron chi connectivity index (χ3n) is 3.05. The standard InChI is InChI=1S/C16H13BrN2O5/c1-10-6-7-13(12(17)8-10)18-15(20)9-24-16(21)11-4-2-3-5-14(11)19(22)23/h2-8H,9H2,1H3,(H,18,20). The third kappa shape index (κ3) is 4.39. The summed E-state index contributed by atoms with van der Waals surface area (Å²) in [4.78, 5) is 34.0. The summed E-state index contributed by atoms with van der Waals surface area (Å²) >= 11 is 3.32. The van der Waals surface area contributed by atoms with Gasteiger partial charge in [-0.05, 0) is 46.6 Å². The van der Waals surface area contributed by atoms with Crippen LogP contribution < -0.4 is 5.32 Å². The molecule has 124 valence electrons. The van der Waals surface area contributed by atoms with Crippen molar-refractivity contribution in [2.75, 3.05) is 11.9 Å². The number of carbonyl (C=O) groups is 2. The van der Waals surface area contributed by atoms with Crippen LogP contribution in [0.3, 0.4) is 0 Å². The molecule has 2 rings (SSSR count). The molecule has 0 bridgehead atoms. The predicted octanol–water partition coefficient (Wildman–Crippen LogP) is 3.46. The van der Waals surface area contributed by atoms with E-state index in [9.17, 15) is 19.7 Å². The lowest BCUT2D eigenvalue weighted by molar-refractivity contribution is -0.385. The minimum atomic E-state index is -0.930. The number of nitrogens with zero attached hydrogens (tertiary/aromatic N) is 1. The van der Waals surface area contributed by atoms with Gasteiger partial charge in [-0.3, -0.25) is 14.9 Å². The molecule has 0 radical (unpaired) electrons. The van der Waals surface area contributed by atoms with Crippen molar-refractivity contribution in [3.8, 4) is 0 Å². The Balaban J connectivity index is 1.99. The Hall–Kier alpha value is -2.74. The van der Waals surface area contributed by atoms with Crippen LogP contribution in [-0.2, 0) is 9.53 Å². The zero-order chi connectivity index (χ0) is 17.7. The fourth-order valence-corrected chi connectivity index (χ4v) is 2.51. The van der Waals surface area contributed by atoms with Crippen molar-refractivity contribution in [3.05, 3.63) is 68.2 Å². The van der Waals surface area contributed by atoms with Gasteiger partial charge in [-0.25, -0.2) is 4.79 Å². The summed E-state index contributed by atoms with van der Waals surface area (Å²) in [5.74, 6) is -1.48. The molecule has 1 N–H and O–H groups in total. The second-order valence-corrected chi connectivity index (χ2v) is 5.74. The molecule has 0 aliphatic carbocycles. The summed E-state index contributed by atoms with van der Waals surface area (Å²) in [6.45, 7) is 1.36. The number of hydrogen-bond acceptors (Lipinski definition) is 5. The van der Waals surface area contributed by atoms with Gasteiger partial charge in [0.15, 0.2) is 6.61 Å². The van der Waals surface area contributed by atoms with E-state index < -0.39 is 23.4 Å². The van der Waals surface area contributed by atoms with Crippen molar-refractivity contribution in [1.29, 1.82) is 0 Å². The number of esters is 1. The average Bonchev–Trinajstić information content (AvgIpc) is 2.55. The molecule has 0 saturated carbocycles. The fraction of sp³-hybridized carbons (Fsp3) is 0.125. The molecule has 0 saturated heterocycles. The summed E-state index contributed by atoms with van der Waals surface area (Å²) in [7, 11) is 0. The van der Waals surface area contributed by atoms with E-state index in [1.807, 2.05) is 19.1 Å². The molecule has 2 aromatic carbocycles. The first-order valence-corrected chi connectivity index (χ1v) is 7.64. The summed E-state index contributed by atoms with van der Waals surface area (Å²) < 4.78 is 5.54. The molecule has 0 spiro atoms. The monoisotopic (exact) mass is 392 g/mol. The van der Waals surface area contributed by atoms with Gasteiger partial charge in [0.25, 0.3) is 11.6 Å². The Bertz CT molecular complexity index is 807. The highest BCUT2D eigenvalue weighted by Gasteiger charge is 2.21. The number of para-hydroxylation sites is 1. The van der Waals surface area contributed by atoms with Gasteiger partial charge in [-0.2, -0.15) is 0 Å². The number of rotatable bonds is 5. The van der Waals surface area contributed by atoms with Crippen LogP contribution in [0.5, 0.6) is 0 Å². The van der Waals surface area contributed by atoms with Gasteiger partial charge in [-0.1, -0.05) is 18.2 Å². The van der Waals surface area contributed by atoms with Gasteiger partial charge in [0.05, 0.1) is 10.6 Å². The minimum absolute atomic E-state index is 0.202. The molecule has 0 atom stereocenters. The van der Waals surface area contributed by atoms with E-state index in [1.165, 1.54) is 24.3 Å². The highest BCUT2D eigenvalue weighted by molar-refractivity contribution is 9.10. The number of benzene rings is 2. The van der Waals surface area contributed by atoms with E-state index in [-0.39, 0.29) is 11.3 Å². The maximum Gasteiger partial charge on any atom is 0.345 e. The van der Waals surface area contributed by atoms with Gasteiger partial charge >= 0.3 is 5.97 Å². The fourth-order valence-electron chi connectivity index (χ4n) is 1.92. The Morgan fingerprint density at radius 2 is 1.96 bits per heavy atom. The Morgan fingerprint density at radius 1 is 1.25 bits per heavy atom. The summed E-state index contributed by atoms with van der Waals surface area (Å²) in [6.07, 6.45) is 0. The highest BCUT2D eigenvalue weighted by Crippen LogP contribution is 2.23. The number of carbonyl (C=O) groups excluding carboxylic acids is 2. The van der Waals surface area contributed by atoms with Gasteiger partial charge in [-0.15, -0.1) is 0 Å². The first kappa shape index (κ1) is 17.6. The van der Waals surface area contributed by atoms with Crippen molar-refractivity contribution in [2.24, 2.45) is 0 Å². The second-order valence-electron chi connectivity index (χ2n) is 4.88. The lowest BCUT2D eigenvalue weighted by Crippen LogP contribution is -2.21. The Kier molecular flexibility index (Phi) is 5.64. The van der Waals surface area contributed by atoms with Crippen molar-refractivity contribution in [3.63, 3.8) is 0 Å². The van der Waals surface area contributed by atoms with Crippen LogP contribution in [0, 0.1) is 17.0 Å². The van der Waals surface area contributed by atoms with E-state index in [2.05, 4.69) is 21.2 Å². The van der Waals surface area contributed by atoms with Gasteiger partial charge in [0.2, 0.25) is 0 Å². The molecule has 0 aliphatic heterocycles. The molecule has 1 amide bonds. The number of nitro benzene ring substituents is 1. The molecule has 0 heterocycles. The van der Waals surface area contributed by atoms with Crippen molar-refractivity contribution < 1.29 is 19.2 Å². The molecule has 8 heteroatoms. The van der Waals surface area contributed by atoms with Gasteiger partial charge in [0.1, 0.15) is 5.56 Å². The average molecular weight is 393 g/mol. The van der Waals surface area contributed by atoms with Crippen LogP contribution in [0.15, 0.2) is 46.9 Å². The Labute approximate surface area is 145 Å². The van der Waals surface area contributed by atoms with Crippen LogP contribution in [-0.4, -0.2) is 23.4 Å². The zero-order valence-corrected chi connectivity index (χ0v) is 14.2. The lowest BCUT2D eigenvalue weighted by Gasteiger charge is -2.09. The number of nitro groups is 1. The lowest BCUT2D eigenvalue weighted by atomic mass is 10.2. The van der Waals surface area contributed by atoms with E-state index in [0.29, 0.717) is 10.2 Å². The van der Waals surface area contributed by atoms with Crippen molar-refractivity contribution in [2.45, 2.75) is 6.92 Å². The van der Waals surface area contributed by atoms with E-state index in [0.717, 1.165) is 5.56 Å². The summed E-state index contributed by atoms with van der Waals surface area (Å²) in [6, 6.07) is 10.7. The maximum absolute atomic E-state index is 11.9. The predicted molar refractivity (Wildman–Crippen MR) is 90.9 cm³/mol. The van der Waals surface area contributed by atoms with Crippen molar-refractivity contribution >= 4 is 39.2 Å². The summed E-state index contributed by atoms with van der Waals surface area (Å²) in [5.41, 5.74) is 0.978. The molecule has 0 aromatic heterocycles. The number of nitrogens with one attached hydrogen (secondary N) is 1. The minimum Gasteiger partial charge on any atom is -0.452 e. The molecule has 2 aromatic rings. The van der Waals surface area contributed by atoms with Gasteiger partial charge in [0, 0.05) is 10.5 Å². The molecule has 0 aliphatic rings. The number of halogens is 1. The number of anilines is 1. The van der Waals surface area contributed by atoms with E-state index in [1.54, 1.807) is 6.07 Å². The van der Waals surface area contributed by atoms with Crippen LogP contribution in [0.25, 0.3) is 0 Å². The van der Waals surface area contributed by atoms with Crippen LogP contribution >= 0.6 is 15.9 Å². The normalized spacial score (nSPS) is 10.1. The Morgan fingerprint density at radius 3 is 2.62 bits per heavy atom. The molecule has 24 heavy (non-hydrogen) atoms. The molecule has 0 unspecified atom stereocenters. The molecular formula is C16H13BrN2O5. The quantitative estimate of drug-likeness (QED) is 0.477. The zero-order valence-electron chi connectivity index (χ0n) is 12.6. The smallest absolute Gasteiger partial charge is 0.345 e. The highest BCUT2D eigenvalue weighted by atomic mass is 79.9. The maximum atomic E-state index is 11.9. The molecular weight excluding hydrogens is 380 g/mol. The summed E-state index contributed by atoms with van der Waals surface area (Å²) in [5, 5.41) is 13.5. The number of ether oxygens (including phenoxy) is 1. The van der Waals surface area contributed by atoms with Crippen LogP contribution in [0.2, 0.25) is 0 Å². The number of amides is 1. The SMILES string of the molecule is Cc1ccc(NC(=O)COC(=O)c2ccccc2[N+](=O)[O-])c(Br)c1. The van der Waals surface area contributed by atoms with Crippen LogP contribution in [0.4, 0.5) is 11.4 Å². The van der Waals surface area contributed by atoms with Crippen LogP contribution in [0.1, 0.15) is 15.9 Å².